The van der Waals surface area contributed by atoms with Crippen molar-refractivity contribution in [2.24, 2.45) is 0 Å². The van der Waals surface area contributed by atoms with Crippen LogP contribution in [0.3, 0.4) is 0 Å². The first kappa shape index (κ1) is 14.7. The maximum atomic E-state index is 11.7. The van der Waals surface area contributed by atoms with Gasteiger partial charge in [-0.2, -0.15) is 0 Å². The summed E-state index contributed by atoms with van der Waals surface area (Å²) in [5.41, 5.74) is 0. The molecule has 1 heterocycles. The van der Waals surface area contributed by atoms with Crippen molar-refractivity contribution in [2.75, 3.05) is 18.1 Å². The van der Waals surface area contributed by atoms with Crippen molar-refractivity contribution in [2.45, 2.75) is 32.4 Å². The Hall–Kier alpha value is -1.31. The Morgan fingerprint density at radius 3 is 2.44 bits per heavy atom. The fourth-order valence-corrected chi connectivity index (χ4v) is 3.51. The number of carboxylic acids is 1. The van der Waals surface area contributed by atoms with E-state index >= 15 is 0 Å². The summed E-state index contributed by atoms with van der Waals surface area (Å²) in [5, 5.41) is 8.76. The van der Waals surface area contributed by atoms with Gasteiger partial charge >= 0.3 is 12.1 Å². The number of amides is 1. The van der Waals surface area contributed by atoms with E-state index in [1.54, 1.807) is 13.8 Å². The van der Waals surface area contributed by atoms with E-state index in [-0.39, 0.29) is 24.0 Å². The van der Waals surface area contributed by atoms with Gasteiger partial charge in [-0.1, -0.05) is 0 Å². The molecule has 8 heteroatoms. The molecule has 0 bridgehead atoms. The van der Waals surface area contributed by atoms with Crippen LogP contribution in [0.2, 0.25) is 0 Å². The molecule has 1 aliphatic rings. The Kier molecular flexibility index (Phi) is 4.55. The number of carboxylic acid groups (broad SMARTS) is 1. The summed E-state index contributed by atoms with van der Waals surface area (Å²) in [5.74, 6) is -1.42. The number of ether oxygens (including phenoxy) is 1. The van der Waals surface area contributed by atoms with Crippen molar-refractivity contribution in [1.29, 1.82) is 0 Å². The molecule has 1 rings (SSSR count). The number of nitrogens with zero attached hydrogens (tertiary/aromatic N) is 1. The van der Waals surface area contributed by atoms with Crippen molar-refractivity contribution in [3.63, 3.8) is 0 Å². The van der Waals surface area contributed by atoms with Gasteiger partial charge in [-0.3, -0.25) is 9.69 Å². The highest BCUT2D eigenvalue weighted by atomic mass is 32.2. The first-order chi connectivity index (χ1) is 8.21. The Bertz CT molecular complexity index is 430. The van der Waals surface area contributed by atoms with Crippen LogP contribution in [0.1, 0.15) is 20.3 Å². The van der Waals surface area contributed by atoms with Crippen LogP contribution in [0.15, 0.2) is 0 Å². The molecule has 1 aliphatic heterocycles. The number of rotatable bonds is 4. The molecular formula is C10H17NO6S. The second kappa shape index (κ2) is 5.55. The fourth-order valence-electron chi connectivity index (χ4n) is 1.78. The van der Waals surface area contributed by atoms with E-state index in [9.17, 15) is 18.0 Å². The number of carbonyl (C=O) groups is 2. The zero-order chi connectivity index (χ0) is 13.9. The lowest BCUT2D eigenvalue weighted by atomic mass is 10.2. The summed E-state index contributed by atoms with van der Waals surface area (Å²) >= 11 is 0. The number of hydrogen-bond donors (Lipinski definition) is 1. The van der Waals surface area contributed by atoms with Gasteiger partial charge in [-0.25, -0.2) is 13.2 Å². The van der Waals surface area contributed by atoms with Crippen LogP contribution >= 0.6 is 0 Å². The lowest BCUT2D eigenvalue weighted by Gasteiger charge is -2.26. The molecule has 1 fully saturated rings. The van der Waals surface area contributed by atoms with Crippen LogP contribution in [0, 0.1) is 0 Å². The third kappa shape index (κ3) is 4.17. The summed E-state index contributed by atoms with van der Waals surface area (Å²) in [6.07, 6.45) is -0.913. The van der Waals surface area contributed by atoms with Gasteiger partial charge in [0, 0.05) is 0 Å². The van der Waals surface area contributed by atoms with Crippen LogP contribution in [-0.4, -0.2) is 60.7 Å². The minimum atomic E-state index is -3.18. The van der Waals surface area contributed by atoms with E-state index in [1.807, 2.05) is 0 Å². The monoisotopic (exact) mass is 279 g/mol. The predicted molar refractivity (Wildman–Crippen MR) is 63.0 cm³/mol. The van der Waals surface area contributed by atoms with Gasteiger partial charge in [0.2, 0.25) is 0 Å². The van der Waals surface area contributed by atoms with Gasteiger partial charge in [0.05, 0.1) is 23.7 Å². The molecule has 1 N–H and O–H groups in total. The molecule has 104 valence electrons. The van der Waals surface area contributed by atoms with Gasteiger partial charge in [0.25, 0.3) is 0 Å². The zero-order valence-corrected chi connectivity index (χ0v) is 11.1. The minimum absolute atomic E-state index is 0.0251. The van der Waals surface area contributed by atoms with Gasteiger partial charge in [0.15, 0.2) is 9.84 Å². The molecule has 1 atom stereocenters. The van der Waals surface area contributed by atoms with Gasteiger partial charge in [-0.15, -0.1) is 0 Å². The topological polar surface area (TPSA) is 101 Å². The highest BCUT2D eigenvalue weighted by Crippen LogP contribution is 2.18. The van der Waals surface area contributed by atoms with Crippen molar-refractivity contribution in [1.82, 2.24) is 4.90 Å². The summed E-state index contributed by atoms with van der Waals surface area (Å²) in [4.78, 5) is 23.4. The van der Waals surface area contributed by atoms with Crippen LogP contribution in [0.4, 0.5) is 4.79 Å². The molecule has 1 unspecified atom stereocenters. The van der Waals surface area contributed by atoms with Crippen LogP contribution in [0.5, 0.6) is 0 Å². The second-order valence-electron chi connectivity index (χ2n) is 4.51. The Morgan fingerprint density at radius 2 is 2.06 bits per heavy atom. The van der Waals surface area contributed by atoms with E-state index in [0.717, 1.165) is 4.90 Å². The van der Waals surface area contributed by atoms with E-state index in [2.05, 4.69) is 0 Å². The van der Waals surface area contributed by atoms with Crippen molar-refractivity contribution < 1.29 is 27.9 Å². The van der Waals surface area contributed by atoms with Gasteiger partial charge < -0.3 is 9.84 Å². The van der Waals surface area contributed by atoms with Crippen LogP contribution in [0.25, 0.3) is 0 Å². The fraction of sp³-hybridized carbons (Fsp3) is 0.800. The molecule has 0 spiro atoms. The number of sulfone groups is 1. The molecule has 7 nitrogen and oxygen atoms in total. The van der Waals surface area contributed by atoms with Gasteiger partial charge in [-0.05, 0) is 20.3 Å². The highest BCUT2D eigenvalue weighted by Gasteiger charge is 2.36. The molecule has 18 heavy (non-hydrogen) atoms. The standard InChI is InChI=1S/C10H17NO6S/c1-7(2)17-10(14)11(5-9(12)13)8-3-4-18(15,16)6-8/h7-8H,3-6H2,1-2H3,(H,12,13). The molecule has 0 aliphatic carbocycles. The van der Waals surface area contributed by atoms with Crippen LogP contribution < -0.4 is 0 Å². The summed E-state index contributed by atoms with van der Waals surface area (Å²) in [7, 11) is -3.18. The predicted octanol–water partition coefficient (Wildman–Crippen LogP) is 0.105. The normalized spacial score (nSPS) is 21.8. The van der Waals surface area contributed by atoms with E-state index in [0.29, 0.717) is 0 Å². The average molecular weight is 279 g/mol. The third-order valence-corrected chi connectivity index (χ3v) is 4.28. The van der Waals surface area contributed by atoms with Crippen molar-refractivity contribution >= 4 is 21.9 Å². The largest absolute Gasteiger partial charge is 0.480 e. The minimum Gasteiger partial charge on any atom is -0.480 e. The molecule has 1 saturated heterocycles. The Labute approximate surface area is 106 Å². The average Bonchev–Trinajstić information content (AvgIpc) is 2.53. The lowest BCUT2D eigenvalue weighted by Crippen LogP contribution is -2.45. The maximum Gasteiger partial charge on any atom is 0.410 e. The SMILES string of the molecule is CC(C)OC(=O)N(CC(=O)O)C1CCS(=O)(=O)C1. The number of carbonyl (C=O) groups excluding carboxylic acids is 1. The molecule has 1 amide bonds. The third-order valence-electron chi connectivity index (χ3n) is 2.53. The highest BCUT2D eigenvalue weighted by molar-refractivity contribution is 7.91. The second-order valence-corrected chi connectivity index (χ2v) is 6.74. The summed E-state index contributed by atoms with van der Waals surface area (Å²) in [6.45, 7) is 2.73. The molecular weight excluding hydrogens is 262 g/mol. The van der Waals surface area contributed by atoms with Gasteiger partial charge in [0.1, 0.15) is 6.54 Å². The molecule has 0 aromatic rings. The van der Waals surface area contributed by atoms with Crippen molar-refractivity contribution in [3.8, 4) is 0 Å². The summed E-state index contributed by atoms with van der Waals surface area (Å²) in [6, 6.07) is -0.614. The number of hydrogen-bond acceptors (Lipinski definition) is 5. The lowest BCUT2D eigenvalue weighted by molar-refractivity contribution is -0.138. The van der Waals surface area contributed by atoms with Crippen molar-refractivity contribution in [3.05, 3.63) is 0 Å². The Balaban J connectivity index is 2.79. The quantitative estimate of drug-likeness (QED) is 0.783. The van der Waals surface area contributed by atoms with E-state index < -0.39 is 34.5 Å². The summed E-state index contributed by atoms with van der Waals surface area (Å²) < 4.78 is 27.6. The van der Waals surface area contributed by atoms with E-state index in [4.69, 9.17) is 9.84 Å². The molecule has 0 aromatic carbocycles. The molecule has 0 radical (unpaired) electrons. The molecule has 0 saturated carbocycles. The van der Waals surface area contributed by atoms with Crippen LogP contribution in [-0.2, 0) is 19.4 Å². The Morgan fingerprint density at radius 1 is 1.44 bits per heavy atom. The zero-order valence-electron chi connectivity index (χ0n) is 10.3. The smallest absolute Gasteiger partial charge is 0.410 e. The van der Waals surface area contributed by atoms with E-state index in [1.165, 1.54) is 0 Å². The maximum absolute atomic E-state index is 11.7. The number of aliphatic carboxylic acids is 1. The molecule has 0 aromatic heterocycles. The first-order valence-electron chi connectivity index (χ1n) is 5.61. The first-order valence-corrected chi connectivity index (χ1v) is 7.43.